The van der Waals surface area contributed by atoms with Gasteiger partial charge in [0.2, 0.25) is 11.8 Å². The molecule has 0 radical (unpaired) electrons. The Morgan fingerprint density at radius 3 is 2.53 bits per heavy atom. The highest BCUT2D eigenvalue weighted by atomic mass is 16.2. The third-order valence-electron chi connectivity index (χ3n) is 2.96. The Hall–Kier alpha value is -2.12. The number of hydrogen-bond donors (Lipinski definition) is 1. The highest BCUT2D eigenvalue weighted by molar-refractivity contribution is 6.20. The van der Waals surface area contributed by atoms with Gasteiger partial charge in [-0.1, -0.05) is 11.8 Å². The first-order valence-electron chi connectivity index (χ1n) is 6.19. The molecular formula is C15H15NO3. The maximum absolute atomic E-state index is 11.7. The molecule has 1 aromatic carbocycles. The van der Waals surface area contributed by atoms with Gasteiger partial charge in [-0.05, 0) is 30.7 Å². The first-order chi connectivity index (χ1) is 9.13. The molecule has 1 fully saturated rings. The molecule has 1 aromatic rings. The van der Waals surface area contributed by atoms with Crippen LogP contribution in [0.4, 0.5) is 5.69 Å². The van der Waals surface area contributed by atoms with Crippen molar-refractivity contribution in [2.75, 3.05) is 11.5 Å². The van der Waals surface area contributed by atoms with E-state index in [0.717, 1.165) is 11.1 Å². The lowest BCUT2D eigenvalue weighted by molar-refractivity contribution is -0.121. The molecule has 1 N–H and O–H groups in total. The minimum atomic E-state index is -0.146. The van der Waals surface area contributed by atoms with Crippen LogP contribution < -0.4 is 4.90 Å². The van der Waals surface area contributed by atoms with Crippen LogP contribution in [0.2, 0.25) is 0 Å². The average molecular weight is 257 g/mol. The van der Waals surface area contributed by atoms with Crippen molar-refractivity contribution in [3.8, 4) is 11.8 Å². The van der Waals surface area contributed by atoms with Crippen LogP contribution >= 0.6 is 0 Å². The van der Waals surface area contributed by atoms with Crippen molar-refractivity contribution in [1.82, 2.24) is 0 Å². The molecule has 2 amide bonds. The Bertz CT molecular complexity index is 565. The molecule has 0 spiro atoms. The molecule has 0 atom stereocenters. The minimum absolute atomic E-state index is 0.0425. The molecule has 4 heteroatoms. The molecule has 4 nitrogen and oxygen atoms in total. The van der Waals surface area contributed by atoms with Gasteiger partial charge in [0.05, 0.1) is 12.3 Å². The first kappa shape index (κ1) is 13.3. The standard InChI is InChI=1S/C15H15NO3/c1-11-10-12(4-2-3-9-17)5-6-13(11)16-14(18)7-8-15(16)19/h5-6,10,17H,3,7-9H2,1H3. The van der Waals surface area contributed by atoms with Gasteiger partial charge in [0.25, 0.3) is 0 Å². The smallest absolute Gasteiger partial charge is 0.234 e. The maximum atomic E-state index is 11.7. The molecule has 0 aliphatic carbocycles. The monoisotopic (exact) mass is 257 g/mol. The van der Waals surface area contributed by atoms with Gasteiger partial charge in [-0.15, -0.1) is 0 Å². The molecule has 98 valence electrons. The second kappa shape index (κ2) is 5.68. The quantitative estimate of drug-likeness (QED) is 0.643. The van der Waals surface area contributed by atoms with Crippen LogP contribution in [0.15, 0.2) is 18.2 Å². The van der Waals surface area contributed by atoms with E-state index in [-0.39, 0.29) is 31.3 Å². The molecule has 0 saturated carbocycles. The van der Waals surface area contributed by atoms with Crippen LogP contribution in [-0.4, -0.2) is 23.5 Å². The second-order valence-corrected chi connectivity index (χ2v) is 4.40. The molecule has 2 rings (SSSR count). The number of rotatable bonds is 2. The zero-order chi connectivity index (χ0) is 13.8. The third kappa shape index (κ3) is 2.83. The van der Waals surface area contributed by atoms with Crippen molar-refractivity contribution in [3.63, 3.8) is 0 Å². The Labute approximate surface area is 112 Å². The van der Waals surface area contributed by atoms with Crippen LogP contribution in [0.1, 0.15) is 30.4 Å². The molecular weight excluding hydrogens is 242 g/mol. The number of nitrogens with zero attached hydrogens (tertiary/aromatic N) is 1. The van der Waals surface area contributed by atoms with Crippen molar-refractivity contribution >= 4 is 17.5 Å². The van der Waals surface area contributed by atoms with E-state index >= 15 is 0 Å². The number of aliphatic hydroxyl groups is 1. The van der Waals surface area contributed by atoms with Gasteiger partial charge < -0.3 is 5.11 Å². The molecule has 1 aliphatic heterocycles. The topological polar surface area (TPSA) is 57.6 Å². The van der Waals surface area contributed by atoms with E-state index in [0.29, 0.717) is 12.1 Å². The summed E-state index contributed by atoms with van der Waals surface area (Å²) in [7, 11) is 0. The zero-order valence-electron chi connectivity index (χ0n) is 10.8. The molecule has 1 heterocycles. The van der Waals surface area contributed by atoms with Crippen LogP contribution in [0.3, 0.4) is 0 Å². The molecule has 19 heavy (non-hydrogen) atoms. The van der Waals surface area contributed by atoms with E-state index in [1.165, 1.54) is 4.90 Å². The summed E-state index contributed by atoms with van der Waals surface area (Å²) in [6, 6.07) is 5.38. The molecule has 0 bridgehead atoms. The van der Waals surface area contributed by atoms with Crippen molar-refractivity contribution in [1.29, 1.82) is 0 Å². The SMILES string of the molecule is Cc1cc(C#CCCO)ccc1N1C(=O)CCC1=O. The number of carbonyl (C=O) groups is 2. The van der Waals surface area contributed by atoms with E-state index in [2.05, 4.69) is 11.8 Å². The highest BCUT2D eigenvalue weighted by Crippen LogP contribution is 2.26. The predicted octanol–water partition coefficient (Wildman–Crippen LogP) is 1.38. The molecule has 1 aliphatic rings. The van der Waals surface area contributed by atoms with Gasteiger partial charge in [0.1, 0.15) is 0 Å². The summed E-state index contributed by atoms with van der Waals surface area (Å²) < 4.78 is 0. The van der Waals surface area contributed by atoms with E-state index in [1.54, 1.807) is 12.1 Å². The van der Waals surface area contributed by atoms with Crippen molar-refractivity contribution in [2.24, 2.45) is 0 Å². The number of carbonyl (C=O) groups excluding carboxylic acids is 2. The molecule has 0 aromatic heterocycles. The van der Waals surface area contributed by atoms with E-state index in [9.17, 15) is 9.59 Å². The minimum Gasteiger partial charge on any atom is -0.395 e. The normalized spacial score (nSPS) is 14.5. The van der Waals surface area contributed by atoms with Crippen LogP contribution in [0.25, 0.3) is 0 Å². The Morgan fingerprint density at radius 1 is 1.26 bits per heavy atom. The van der Waals surface area contributed by atoms with Crippen LogP contribution in [0.5, 0.6) is 0 Å². The van der Waals surface area contributed by atoms with Gasteiger partial charge >= 0.3 is 0 Å². The maximum Gasteiger partial charge on any atom is 0.234 e. The number of anilines is 1. The summed E-state index contributed by atoms with van der Waals surface area (Å²) >= 11 is 0. The fourth-order valence-electron chi connectivity index (χ4n) is 2.05. The molecule has 1 saturated heterocycles. The Morgan fingerprint density at radius 2 is 1.95 bits per heavy atom. The van der Waals surface area contributed by atoms with Gasteiger partial charge in [-0.3, -0.25) is 14.5 Å². The lowest BCUT2D eigenvalue weighted by Crippen LogP contribution is -2.29. The Kier molecular flexibility index (Phi) is 3.98. The zero-order valence-corrected chi connectivity index (χ0v) is 10.8. The summed E-state index contributed by atoms with van der Waals surface area (Å²) in [6.07, 6.45) is 1.01. The van der Waals surface area contributed by atoms with E-state index in [1.807, 2.05) is 13.0 Å². The number of aryl methyl sites for hydroxylation is 1. The number of hydrogen-bond acceptors (Lipinski definition) is 3. The first-order valence-corrected chi connectivity index (χ1v) is 6.19. The summed E-state index contributed by atoms with van der Waals surface area (Å²) in [5.41, 5.74) is 2.30. The van der Waals surface area contributed by atoms with Gasteiger partial charge in [-0.25, -0.2) is 0 Å². The number of benzene rings is 1. The van der Waals surface area contributed by atoms with E-state index < -0.39 is 0 Å². The second-order valence-electron chi connectivity index (χ2n) is 4.40. The predicted molar refractivity (Wildman–Crippen MR) is 71.5 cm³/mol. The van der Waals surface area contributed by atoms with Gasteiger partial charge in [0.15, 0.2) is 0 Å². The van der Waals surface area contributed by atoms with Crippen LogP contribution in [-0.2, 0) is 9.59 Å². The van der Waals surface area contributed by atoms with Crippen molar-refractivity contribution in [3.05, 3.63) is 29.3 Å². The third-order valence-corrected chi connectivity index (χ3v) is 2.96. The fourth-order valence-corrected chi connectivity index (χ4v) is 2.05. The van der Waals surface area contributed by atoms with Crippen molar-refractivity contribution in [2.45, 2.75) is 26.2 Å². The summed E-state index contributed by atoms with van der Waals surface area (Å²) in [5.74, 6) is 5.47. The summed E-state index contributed by atoms with van der Waals surface area (Å²) in [5, 5.41) is 8.66. The lowest BCUT2D eigenvalue weighted by atomic mass is 10.1. The Balaban J connectivity index is 2.28. The van der Waals surface area contributed by atoms with Gasteiger partial charge in [0, 0.05) is 24.8 Å². The molecule has 0 unspecified atom stereocenters. The van der Waals surface area contributed by atoms with Crippen LogP contribution in [0, 0.1) is 18.8 Å². The summed E-state index contributed by atoms with van der Waals surface area (Å²) in [6.45, 7) is 1.90. The van der Waals surface area contributed by atoms with Gasteiger partial charge in [-0.2, -0.15) is 0 Å². The summed E-state index contributed by atoms with van der Waals surface area (Å²) in [4.78, 5) is 24.6. The lowest BCUT2D eigenvalue weighted by Gasteiger charge is -2.16. The fraction of sp³-hybridized carbons (Fsp3) is 0.333. The highest BCUT2D eigenvalue weighted by Gasteiger charge is 2.30. The van der Waals surface area contributed by atoms with E-state index in [4.69, 9.17) is 5.11 Å². The number of imide groups is 1. The largest absolute Gasteiger partial charge is 0.395 e. The average Bonchev–Trinajstić information content (AvgIpc) is 2.70. The number of amides is 2. The van der Waals surface area contributed by atoms with Crippen molar-refractivity contribution < 1.29 is 14.7 Å². The number of aliphatic hydroxyl groups excluding tert-OH is 1.